The highest BCUT2D eigenvalue weighted by atomic mass is 127. The fourth-order valence-electron chi connectivity index (χ4n) is 2.42. The van der Waals surface area contributed by atoms with E-state index < -0.39 is 0 Å². The Kier molecular flexibility index (Phi) is 14.9. The van der Waals surface area contributed by atoms with Crippen LogP contribution in [0.2, 0.25) is 0 Å². The van der Waals surface area contributed by atoms with Gasteiger partial charge in [0.25, 0.3) is 0 Å². The number of halogens is 1. The van der Waals surface area contributed by atoms with Crippen LogP contribution in [-0.4, -0.2) is 100 Å². The van der Waals surface area contributed by atoms with E-state index in [1.807, 2.05) is 18.8 Å². The largest absolute Gasteiger partial charge is 0.383 e. The lowest BCUT2D eigenvalue weighted by atomic mass is 10.3. The molecule has 24 heavy (non-hydrogen) atoms. The second-order valence-corrected chi connectivity index (χ2v) is 6.41. The molecule has 0 unspecified atom stereocenters. The number of piperazine rings is 1. The molecule has 0 aromatic heterocycles. The average Bonchev–Trinajstić information content (AvgIpc) is 2.56. The van der Waals surface area contributed by atoms with Crippen molar-refractivity contribution in [3.63, 3.8) is 0 Å². The van der Waals surface area contributed by atoms with Gasteiger partial charge in [0.2, 0.25) is 5.91 Å². The number of hydrogen-bond donors (Lipinski definition) is 2. The molecule has 1 amide bonds. The molecule has 0 aromatic rings. The van der Waals surface area contributed by atoms with Gasteiger partial charge in [-0.3, -0.25) is 14.7 Å². The van der Waals surface area contributed by atoms with Gasteiger partial charge < -0.3 is 20.3 Å². The normalized spacial score (nSPS) is 15.8. The van der Waals surface area contributed by atoms with Gasteiger partial charge in [0.1, 0.15) is 0 Å². The zero-order valence-corrected chi connectivity index (χ0v) is 18.2. The average molecular weight is 473 g/mol. The molecular weight excluding hydrogens is 441 g/mol. The summed E-state index contributed by atoms with van der Waals surface area (Å²) < 4.78 is 4.93. The molecule has 7 nitrogen and oxygen atoms in total. The first kappa shape index (κ1) is 23.7. The second-order valence-electron chi connectivity index (χ2n) is 5.43. The number of carbonyl (C=O) groups is 1. The Balaban J connectivity index is 0.00000529. The predicted octanol–water partition coefficient (Wildman–Crippen LogP) is 0.313. The Morgan fingerprint density at radius 3 is 2.50 bits per heavy atom. The summed E-state index contributed by atoms with van der Waals surface area (Å²) in [4.78, 5) is 20.6. The van der Waals surface area contributed by atoms with Crippen molar-refractivity contribution in [2.75, 3.05) is 78.6 Å². The van der Waals surface area contributed by atoms with Crippen LogP contribution < -0.4 is 10.6 Å². The van der Waals surface area contributed by atoms with Crippen molar-refractivity contribution in [1.82, 2.24) is 20.4 Å². The first-order valence-corrected chi connectivity index (χ1v) is 9.53. The first-order valence-electron chi connectivity index (χ1n) is 8.13. The van der Waals surface area contributed by atoms with Crippen LogP contribution >= 0.6 is 35.7 Å². The van der Waals surface area contributed by atoms with Crippen LogP contribution in [0, 0.1) is 0 Å². The molecule has 9 heteroatoms. The van der Waals surface area contributed by atoms with Crippen molar-refractivity contribution in [2.24, 2.45) is 4.99 Å². The maximum absolute atomic E-state index is 11.8. The fourth-order valence-corrected chi connectivity index (χ4v) is 2.85. The third-order valence-electron chi connectivity index (χ3n) is 3.69. The highest BCUT2D eigenvalue weighted by Gasteiger charge is 2.20. The van der Waals surface area contributed by atoms with Crippen LogP contribution in [0.25, 0.3) is 0 Å². The van der Waals surface area contributed by atoms with Crippen molar-refractivity contribution in [3.05, 3.63) is 0 Å². The molecule has 1 heterocycles. The lowest BCUT2D eigenvalue weighted by molar-refractivity contribution is -0.122. The summed E-state index contributed by atoms with van der Waals surface area (Å²) in [5, 5.41) is 6.27. The quantitative estimate of drug-likeness (QED) is 0.218. The number of nitrogens with zero attached hydrogens (tertiary/aromatic N) is 3. The highest BCUT2D eigenvalue weighted by Crippen LogP contribution is 2.02. The van der Waals surface area contributed by atoms with Crippen LogP contribution in [0.3, 0.4) is 0 Å². The molecule has 142 valence electrons. The number of nitrogens with one attached hydrogen (secondary N) is 2. The Hall–Kier alpha value is -0.260. The number of carbonyl (C=O) groups excluding carboxylic acids is 1. The number of methoxy groups -OCH3 is 1. The third kappa shape index (κ3) is 9.90. The van der Waals surface area contributed by atoms with Gasteiger partial charge in [0.15, 0.2) is 5.96 Å². The molecule has 1 aliphatic rings. The number of thioether (sulfide) groups is 1. The van der Waals surface area contributed by atoms with Crippen LogP contribution in [-0.2, 0) is 9.53 Å². The van der Waals surface area contributed by atoms with E-state index in [0.717, 1.165) is 50.9 Å². The monoisotopic (exact) mass is 473 g/mol. The molecule has 0 aromatic carbocycles. The van der Waals surface area contributed by atoms with Crippen LogP contribution in [0.15, 0.2) is 4.99 Å². The molecular formula is C15H32IN5O2S. The smallest absolute Gasteiger partial charge is 0.234 e. The van der Waals surface area contributed by atoms with Crippen LogP contribution in [0.5, 0.6) is 0 Å². The summed E-state index contributed by atoms with van der Waals surface area (Å²) in [6.07, 6.45) is 3.27. The van der Waals surface area contributed by atoms with Crippen LogP contribution in [0.1, 0.15) is 6.42 Å². The molecule has 0 aliphatic carbocycles. The van der Waals surface area contributed by atoms with E-state index in [0.29, 0.717) is 19.7 Å². The second kappa shape index (κ2) is 15.0. The molecule has 0 atom stereocenters. The zero-order chi connectivity index (χ0) is 16.9. The van der Waals surface area contributed by atoms with E-state index in [4.69, 9.17) is 4.74 Å². The molecule has 1 rings (SSSR count). The summed E-state index contributed by atoms with van der Waals surface area (Å²) in [6.45, 7) is 6.08. The van der Waals surface area contributed by atoms with E-state index in [1.54, 1.807) is 7.11 Å². The number of ether oxygens (including phenoxy) is 1. The molecule has 1 aliphatic heterocycles. The van der Waals surface area contributed by atoms with Gasteiger partial charge in [0, 0.05) is 53.4 Å². The van der Waals surface area contributed by atoms with Gasteiger partial charge in [0.05, 0.1) is 13.2 Å². The number of hydrogen-bond acceptors (Lipinski definition) is 5. The number of guanidine groups is 1. The minimum atomic E-state index is 0. The molecule has 0 radical (unpaired) electrons. The van der Waals surface area contributed by atoms with Gasteiger partial charge in [-0.15, -0.1) is 24.0 Å². The maximum Gasteiger partial charge on any atom is 0.234 e. The van der Waals surface area contributed by atoms with Crippen molar-refractivity contribution in [1.29, 1.82) is 0 Å². The Bertz CT molecular complexity index is 366. The standard InChI is InChI=1S/C15H31N5O2S.HI/c1-16-15(18-5-4-12-23-3)20-9-7-19(8-10-20)13-14(21)17-6-11-22-2;/h4-13H2,1-3H3,(H,16,18)(H,17,21);1H. The molecule has 1 saturated heterocycles. The molecule has 1 fully saturated rings. The number of amides is 1. The molecule has 0 saturated carbocycles. The van der Waals surface area contributed by atoms with Gasteiger partial charge in [-0.25, -0.2) is 0 Å². The van der Waals surface area contributed by atoms with Crippen molar-refractivity contribution >= 4 is 47.6 Å². The van der Waals surface area contributed by atoms with Crippen LogP contribution in [0.4, 0.5) is 0 Å². The maximum atomic E-state index is 11.8. The Morgan fingerprint density at radius 1 is 1.21 bits per heavy atom. The minimum absolute atomic E-state index is 0. The SMILES string of the molecule is CN=C(NCCCSC)N1CCN(CC(=O)NCCOC)CC1.I. The van der Waals surface area contributed by atoms with E-state index in [-0.39, 0.29) is 29.9 Å². The lowest BCUT2D eigenvalue weighted by Crippen LogP contribution is -2.54. The van der Waals surface area contributed by atoms with Crippen molar-refractivity contribution in [2.45, 2.75) is 6.42 Å². The zero-order valence-electron chi connectivity index (χ0n) is 15.0. The lowest BCUT2D eigenvalue weighted by Gasteiger charge is -2.36. The first-order chi connectivity index (χ1) is 11.2. The Morgan fingerprint density at radius 2 is 1.92 bits per heavy atom. The van der Waals surface area contributed by atoms with Gasteiger partial charge in [-0.2, -0.15) is 11.8 Å². The molecule has 0 bridgehead atoms. The summed E-state index contributed by atoms with van der Waals surface area (Å²) >= 11 is 1.86. The van der Waals surface area contributed by atoms with Crippen molar-refractivity contribution in [3.8, 4) is 0 Å². The summed E-state index contributed by atoms with van der Waals surface area (Å²) in [7, 11) is 3.46. The summed E-state index contributed by atoms with van der Waals surface area (Å²) in [6, 6.07) is 0. The molecule has 0 spiro atoms. The van der Waals surface area contributed by atoms with E-state index in [2.05, 4.69) is 31.7 Å². The number of rotatable bonds is 9. The third-order valence-corrected chi connectivity index (χ3v) is 4.38. The fraction of sp³-hybridized carbons (Fsp3) is 0.867. The minimum Gasteiger partial charge on any atom is -0.383 e. The van der Waals surface area contributed by atoms with Gasteiger partial charge >= 0.3 is 0 Å². The topological polar surface area (TPSA) is 69.2 Å². The van der Waals surface area contributed by atoms with E-state index in [9.17, 15) is 4.79 Å². The molecule has 2 N–H and O–H groups in total. The summed E-state index contributed by atoms with van der Waals surface area (Å²) in [5.74, 6) is 2.20. The Labute approximate surface area is 167 Å². The van der Waals surface area contributed by atoms with E-state index >= 15 is 0 Å². The highest BCUT2D eigenvalue weighted by molar-refractivity contribution is 14.0. The summed E-state index contributed by atoms with van der Waals surface area (Å²) in [5.41, 5.74) is 0. The van der Waals surface area contributed by atoms with Crippen molar-refractivity contribution < 1.29 is 9.53 Å². The predicted molar refractivity (Wildman–Crippen MR) is 113 cm³/mol. The van der Waals surface area contributed by atoms with Gasteiger partial charge in [-0.1, -0.05) is 0 Å². The van der Waals surface area contributed by atoms with Gasteiger partial charge in [-0.05, 0) is 18.4 Å². The van der Waals surface area contributed by atoms with E-state index in [1.165, 1.54) is 0 Å². The number of aliphatic imine (C=N–C) groups is 1.